The highest BCUT2D eigenvalue weighted by Crippen LogP contribution is 2.40. The molecule has 1 aromatic carbocycles. The summed E-state index contributed by atoms with van der Waals surface area (Å²) in [5.41, 5.74) is -0.521. The Hall–Kier alpha value is -3.65. The number of hydrogen-bond donors (Lipinski definition) is 3. The van der Waals surface area contributed by atoms with Crippen molar-refractivity contribution in [3.63, 3.8) is 0 Å². The summed E-state index contributed by atoms with van der Waals surface area (Å²) in [6.07, 6.45) is -1.40. The molecule has 0 aliphatic carbocycles. The second kappa shape index (κ2) is 11.2. The Labute approximate surface area is 218 Å². The summed E-state index contributed by atoms with van der Waals surface area (Å²) < 4.78 is 84.8. The molecule has 1 fully saturated rings. The third-order valence-corrected chi connectivity index (χ3v) is 6.69. The number of rotatable bonds is 8. The largest absolute Gasteiger partial charge is 0.391 e. The van der Waals surface area contributed by atoms with E-state index in [0.717, 1.165) is 29.1 Å². The summed E-state index contributed by atoms with van der Waals surface area (Å²) in [6, 6.07) is 2.83. The zero-order valence-corrected chi connectivity index (χ0v) is 20.6. The van der Waals surface area contributed by atoms with E-state index < -0.39 is 66.3 Å². The zero-order chi connectivity index (χ0) is 28.5. The highest BCUT2D eigenvalue weighted by Gasteiger charge is 2.46. The number of pyridine rings is 1. The first-order chi connectivity index (χ1) is 18.4. The van der Waals surface area contributed by atoms with E-state index in [1.54, 1.807) is 0 Å². The van der Waals surface area contributed by atoms with E-state index in [9.17, 15) is 41.0 Å². The van der Waals surface area contributed by atoms with Gasteiger partial charge < -0.3 is 20.0 Å². The van der Waals surface area contributed by atoms with Gasteiger partial charge >= 0.3 is 0 Å². The fourth-order valence-electron chi connectivity index (χ4n) is 4.58. The molecule has 2 atom stereocenters. The molecule has 0 spiro atoms. The van der Waals surface area contributed by atoms with Crippen molar-refractivity contribution in [2.75, 3.05) is 18.4 Å². The summed E-state index contributed by atoms with van der Waals surface area (Å²) in [7, 11) is 0. The van der Waals surface area contributed by atoms with Gasteiger partial charge in [0.15, 0.2) is 11.6 Å². The lowest BCUT2D eigenvalue weighted by Crippen LogP contribution is -2.52. The van der Waals surface area contributed by atoms with Gasteiger partial charge in [0.2, 0.25) is 5.91 Å². The molecule has 8 nitrogen and oxygen atoms in total. The van der Waals surface area contributed by atoms with Crippen molar-refractivity contribution in [3.8, 4) is 0 Å². The fourth-order valence-corrected chi connectivity index (χ4v) is 4.58. The van der Waals surface area contributed by atoms with Crippen LogP contribution in [0.2, 0.25) is 0 Å². The summed E-state index contributed by atoms with van der Waals surface area (Å²) in [4.78, 5) is 32.2. The molecule has 1 amide bonds. The van der Waals surface area contributed by atoms with E-state index in [1.165, 1.54) is 17.9 Å². The first kappa shape index (κ1) is 28.4. The topological polar surface area (TPSA) is 103 Å². The number of carbonyl (C=O) groups excluding carboxylic acids is 1. The normalized spacial score (nSPS) is 18.3. The van der Waals surface area contributed by atoms with Crippen LogP contribution < -0.4 is 10.9 Å². The van der Waals surface area contributed by atoms with E-state index >= 15 is 0 Å². The van der Waals surface area contributed by atoms with E-state index in [2.05, 4.69) is 15.3 Å². The van der Waals surface area contributed by atoms with Gasteiger partial charge in [-0.25, -0.2) is 31.3 Å². The van der Waals surface area contributed by atoms with Gasteiger partial charge in [0.1, 0.15) is 11.6 Å². The molecule has 1 aliphatic rings. The number of anilines is 1. The third-order valence-electron chi connectivity index (χ3n) is 6.69. The number of nitrogens with zero attached hydrogens (tertiary/aromatic N) is 3. The average Bonchev–Trinajstić information content (AvgIpc) is 3.25. The zero-order valence-electron chi connectivity index (χ0n) is 20.6. The van der Waals surface area contributed by atoms with Crippen molar-refractivity contribution >= 4 is 11.7 Å². The van der Waals surface area contributed by atoms with Crippen LogP contribution in [0.15, 0.2) is 41.5 Å². The first-order valence-electron chi connectivity index (χ1n) is 11.9. The second-order valence-corrected chi connectivity index (χ2v) is 9.36. The molecule has 1 aliphatic heterocycles. The maximum atomic E-state index is 14.8. The predicted octanol–water partition coefficient (Wildman–Crippen LogP) is 3.78. The molecule has 210 valence electrons. The van der Waals surface area contributed by atoms with E-state index in [1.807, 2.05) is 0 Å². The van der Waals surface area contributed by atoms with Gasteiger partial charge in [-0.2, -0.15) is 0 Å². The molecule has 0 radical (unpaired) electrons. The number of alkyl halides is 4. The maximum Gasteiger partial charge on any atom is 0.295 e. The van der Waals surface area contributed by atoms with Crippen LogP contribution in [0.1, 0.15) is 48.2 Å². The molecule has 1 saturated heterocycles. The van der Waals surface area contributed by atoms with Crippen LogP contribution in [-0.2, 0) is 17.9 Å². The number of amides is 1. The molecule has 3 heterocycles. The minimum atomic E-state index is -3.15. The lowest BCUT2D eigenvalue weighted by Gasteiger charge is -2.40. The number of aliphatic hydroxyl groups is 1. The number of hydrogen-bond acceptors (Lipinski definition) is 5. The number of carbonyl (C=O) groups is 1. The molecule has 4 rings (SSSR count). The van der Waals surface area contributed by atoms with Gasteiger partial charge in [-0.05, 0) is 36.2 Å². The van der Waals surface area contributed by atoms with E-state index in [4.69, 9.17) is 0 Å². The minimum absolute atomic E-state index is 0.0601. The van der Waals surface area contributed by atoms with Crippen molar-refractivity contribution < 1.29 is 36.2 Å². The van der Waals surface area contributed by atoms with Crippen LogP contribution in [0.5, 0.6) is 0 Å². The van der Waals surface area contributed by atoms with Crippen molar-refractivity contribution in [2.24, 2.45) is 0 Å². The standard InChI is InChI=1S/C25H25F6N5O3/c1-13(35-3-2-25(30,31)19(10-35)15-6-16(12-37)24(39)32-8-15)23(38)34-20-11-36(22(33-20)21(28)29)9-14-4-17(26)7-18(27)5-14/h4-8,11,13,19,21,37H,2-3,9-10,12H2,1H3,(H,32,39)(H,34,38)/t13-,19+/m0/s1. The number of aromatic nitrogens is 3. The summed E-state index contributed by atoms with van der Waals surface area (Å²) in [5, 5.41) is 11.7. The molecule has 39 heavy (non-hydrogen) atoms. The predicted molar refractivity (Wildman–Crippen MR) is 128 cm³/mol. The van der Waals surface area contributed by atoms with Crippen LogP contribution >= 0.6 is 0 Å². The van der Waals surface area contributed by atoms with Gasteiger partial charge in [-0.1, -0.05) is 0 Å². The Morgan fingerprint density at radius 2 is 1.92 bits per heavy atom. The Morgan fingerprint density at radius 1 is 1.23 bits per heavy atom. The summed E-state index contributed by atoms with van der Waals surface area (Å²) >= 11 is 0. The molecule has 0 bridgehead atoms. The van der Waals surface area contributed by atoms with Crippen molar-refractivity contribution in [1.29, 1.82) is 0 Å². The molecule has 3 aromatic rings. The van der Waals surface area contributed by atoms with Gasteiger partial charge in [-0.3, -0.25) is 14.5 Å². The van der Waals surface area contributed by atoms with Crippen LogP contribution in [-0.4, -0.2) is 55.5 Å². The number of likely N-dealkylation sites (tertiary alicyclic amines) is 1. The number of imidazole rings is 1. The number of aromatic amines is 1. The molecule has 2 aromatic heterocycles. The Balaban J connectivity index is 1.50. The van der Waals surface area contributed by atoms with Gasteiger partial charge in [-0.15, -0.1) is 0 Å². The quantitative estimate of drug-likeness (QED) is 0.366. The highest BCUT2D eigenvalue weighted by atomic mass is 19.3. The second-order valence-electron chi connectivity index (χ2n) is 9.36. The van der Waals surface area contributed by atoms with Crippen LogP contribution in [0, 0.1) is 11.6 Å². The number of H-pyrrole nitrogens is 1. The molecule has 3 N–H and O–H groups in total. The molecule has 0 unspecified atom stereocenters. The number of halogens is 6. The molecular formula is C25H25F6N5O3. The van der Waals surface area contributed by atoms with Gasteiger partial charge in [0.05, 0.1) is 18.6 Å². The number of piperidine rings is 1. The fraction of sp³-hybridized carbons (Fsp3) is 0.400. The lowest BCUT2D eigenvalue weighted by molar-refractivity contribution is -0.125. The Kier molecular flexibility index (Phi) is 8.16. The molecule has 14 heteroatoms. The van der Waals surface area contributed by atoms with E-state index in [-0.39, 0.29) is 42.1 Å². The van der Waals surface area contributed by atoms with E-state index in [0.29, 0.717) is 6.07 Å². The highest BCUT2D eigenvalue weighted by molar-refractivity contribution is 5.93. The SMILES string of the molecule is C[C@@H](C(=O)Nc1cn(Cc2cc(F)cc(F)c2)c(C(F)F)n1)N1CCC(F)(F)[C@@H](c2c[nH]c(=O)c(CO)c2)C1. The summed E-state index contributed by atoms with van der Waals surface area (Å²) in [5.74, 6) is -7.99. The maximum absolute atomic E-state index is 14.8. The van der Waals surface area contributed by atoms with Crippen LogP contribution in [0.3, 0.4) is 0 Å². The van der Waals surface area contributed by atoms with Crippen molar-refractivity contribution in [2.45, 2.75) is 50.8 Å². The number of aliphatic hydroxyl groups excluding tert-OH is 1. The van der Waals surface area contributed by atoms with Gasteiger partial charge in [0.25, 0.3) is 17.9 Å². The number of nitrogens with one attached hydrogen (secondary N) is 2. The third kappa shape index (κ3) is 6.33. The smallest absolute Gasteiger partial charge is 0.295 e. The first-order valence-corrected chi connectivity index (χ1v) is 11.9. The summed E-state index contributed by atoms with van der Waals surface area (Å²) in [6.45, 7) is 0.0784. The van der Waals surface area contributed by atoms with Gasteiger partial charge in [0, 0.05) is 50.1 Å². The number of benzene rings is 1. The van der Waals surface area contributed by atoms with Crippen molar-refractivity contribution in [1.82, 2.24) is 19.4 Å². The van der Waals surface area contributed by atoms with Crippen LogP contribution in [0.4, 0.5) is 32.2 Å². The lowest BCUT2D eigenvalue weighted by atomic mass is 9.86. The van der Waals surface area contributed by atoms with Crippen LogP contribution in [0.25, 0.3) is 0 Å². The monoisotopic (exact) mass is 557 g/mol. The Bertz CT molecular complexity index is 1390. The molecule has 0 saturated carbocycles. The molecular weight excluding hydrogens is 532 g/mol. The van der Waals surface area contributed by atoms with Crippen molar-refractivity contribution in [3.05, 3.63) is 81.2 Å². The Morgan fingerprint density at radius 3 is 2.56 bits per heavy atom. The minimum Gasteiger partial charge on any atom is -0.391 e. The average molecular weight is 557 g/mol.